The molecule has 64 valence electrons. The van der Waals surface area contributed by atoms with Gasteiger partial charge in [-0.1, -0.05) is 22.4 Å². The number of hydrogen-bond acceptors (Lipinski definition) is 1. The summed E-state index contributed by atoms with van der Waals surface area (Å²) in [6, 6.07) is 0.867. The minimum Gasteiger partial charge on any atom is -0.313 e. The Morgan fingerprint density at radius 3 is 2.73 bits per heavy atom. The summed E-state index contributed by atoms with van der Waals surface area (Å²) in [5, 5.41) is 4.71. The minimum absolute atomic E-state index is 0.867. The molecule has 0 saturated heterocycles. The summed E-state index contributed by atoms with van der Waals surface area (Å²) in [6.07, 6.45) is 5.97. The maximum Gasteiger partial charge on any atom is 0.0157 e. The molecule has 2 heteroatoms. The molecule has 11 heavy (non-hydrogen) atoms. The molecule has 2 aliphatic carbocycles. The fourth-order valence-electron chi connectivity index (χ4n) is 2.73. The summed E-state index contributed by atoms with van der Waals surface area (Å²) in [7, 11) is 0. The third-order valence-electron chi connectivity index (χ3n) is 3.24. The summed E-state index contributed by atoms with van der Waals surface area (Å²) in [6.45, 7) is 1.15. The van der Waals surface area contributed by atoms with Crippen molar-refractivity contribution >= 4 is 15.9 Å². The van der Waals surface area contributed by atoms with E-state index in [2.05, 4.69) is 21.2 Å². The molecule has 3 unspecified atom stereocenters. The van der Waals surface area contributed by atoms with Gasteiger partial charge in [0, 0.05) is 17.9 Å². The normalized spacial score (nSPS) is 41.7. The molecular formula is C9H16BrN. The third-order valence-corrected chi connectivity index (χ3v) is 3.64. The molecular weight excluding hydrogens is 202 g/mol. The highest BCUT2D eigenvalue weighted by molar-refractivity contribution is 9.09. The lowest BCUT2D eigenvalue weighted by Crippen LogP contribution is -2.34. The van der Waals surface area contributed by atoms with E-state index in [1.807, 2.05) is 0 Å². The molecule has 2 fully saturated rings. The zero-order valence-electron chi connectivity index (χ0n) is 6.85. The van der Waals surface area contributed by atoms with E-state index in [1.165, 1.54) is 25.7 Å². The van der Waals surface area contributed by atoms with Gasteiger partial charge in [0.1, 0.15) is 0 Å². The summed E-state index contributed by atoms with van der Waals surface area (Å²) in [4.78, 5) is 0. The van der Waals surface area contributed by atoms with Crippen LogP contribution in [-0.4, -0.2) is 17.9 Å². The van der Waals surface area contributed by atoms with Crippen LogP contribution in [0.4, 0.5) is 0 Å². The maximum absolute atomic E-state index is 3.62. The lowest BCUT2D eigenvalue weighted by molar-refractivity contribution is 0.359. The van der Waals surface area contributed by atoms with Gasteiger partial charge in [0.05, 0.1) is 0 Å². The highest BCUT2D eigenvalue weighted by Crippen LogP contribution is 2.44. The quantitative estimate of drug-likeness (QED) is 0.716. The van der Waals surface area contributed by atoms with Crippen molar-refractivity contribution in [3.8, 4) is 0 Å². The Morgan fingerprint density at radius 1 is 1.27 bits per heavy atom. The molecule has 2 bridgehead atoms. The fraction of sp³-hybridized carbons (Fsp3) is 1.00. The van der Waals surface area contributed by atoms with Crippen LogP contribution in [0.25, 0.3) is 0 Å². The van der Waals surface area contributed by atoms with E-state index in [-0.39, 0.29) is 0 Å². The molecule has 0 aromatic heterocycles. The van der Waals surface area contributed by atoms with Crippen molar-refractivity contribution in [3.63, 3.8) is 0 Å². The average Bonchev–Trinajstić information content (AvgIpc) is 2.60. The average molecular weight is 218 g/mol. The van der Waals surface area contributed by atoms with Crippen molar-refractivity contribution in [2.75, 3.05) is 11.9 Å². The number of halogens is 1. The van der Waals surface area contributed by atoms with Crippen LogP contribution in [0.1, 0.15) is 25.7 Å². The van der Waals surface area contributed by atoms with Crippen LogP contribution < -0.4 is 5.32 Å². The Labute approximate surface area is 77.1 Å². The van der Waals surface area contributed by atoms with Crippen molar-refractivity contribution in [2.45, 2.75) is 31.7 Å². The van der Waals surface area contributed by atoms with Crippen LogP contribution in [0.3, 0.4) is 0 Å². The Hall–Kier alpha value is 0.440. The largest absolute Gasteiger partial charge is 0.313 e. The molecule has 0 spiro atoms. The molecule has 0 aromatic rings. The van der Waals surface area contributed by atoms with Gasteiger partial charge >= 0.3 is 0 Å². The Kier molecular flexibility index (Phi) is 2.52. The van der Waals surface area contributed by atoms with Crippen molar-refractivity contribution in [1.82, 2.24) is 5.32 Å². The summed E-state index contributed by atoms with van der Waals surface area (Å²) < 4.78 is 0. The summed E-state index contributed by atoms with van der Waals surface area (Å²) in [5.41, 5.74) is 0. The molecule has 2 aliphatic rings. The fourth-order valence-corrected chi connectivity index (χ4v) is 2.96. The smallest absolute Gasteiger partial charge is 0.0157 e. The number of hydrogen-bond donors (Lipinski definition) is 1. The molecule has 3 atom stereocenters. The monoisotopic (exact) mass is 217 g/mol. The lowest BCUT2D eigenvalue weighted by Gasteiger charge is -2.22. The second kappa shape index (κ2) is 3.44. The van der Waals surface area contributed by atoms with Crippen LogP contribution >= 0.6 is 15.9 Å². The first kappa shape index (κ1) is 8.06. The van der Waals surface area contributed by atoms with E-state index in [0.29, 0.717) is 0 Å². The van der Waals surface area contributed by atoms with Crippen molar-refractivity contribution < 1.29 is 0 Å². The number of rotatable bonds is 3. The second-order valence-corrected chi connectivity index (χ2v) is 4.72. The summed E-state index contributed by atoms with van der Waals surface area (Å²) in [5.74, 6) is 2.10. The van der Waals surface area contributed by atoms with E-state index in [0.717, 1.165) is 29.8 Å². The molecule has 0 aliphatic heterocycles. The van der Waals surface area contributed by atoms with Crippen molar-refractivity contribution in [2.24, 2.45) is 11.8 Å². The van der Waals surface area contributed by atoms with Crippen LogP contribution in [0.2, 0.25) is 0 Å². The second-order valence-electron chi connectivity index (χ2n) is 3.92. The highest BCUT2D eigenvalue weighted by atomic mass is 79.9. The zero-order chi connectivity index (χ0) is 7.68. The van der Waals surface area contributed by atoms with Gasteiger partial charge in [-0.25, -0.2) is 0 Å². The molecule has 1 nitrogen and oxygen atoms in total. The molecule has 0 radical (unpaired) electrons. The molecule has 0 heterocycles. The lowest BCUT2D eigenvalue weighted by atomic mass is 9.95. The predicted octanol–water partition coefficient (Wildman–Crippen LogP) is 2.16. The van der Waals surface area contributed by atoms with Crippen LogP contribution in [0.15, 0.2) is 0 Å². The standard InChI is InChI=1S/C9H16BrN/c10-3-4-11-9-6-7-1-2-8(9)5-7/h7-9,11H,1-6H2. The van der Waals surface area contributed by atoms with E-state index in [9.17, 15) is 0 Å². The van der Waals surface area contributed by atoms with E-state index < -0.39 is 0 Å². The van der Waals surface area contributed by atoms with E-state index in [1.54, 1.807) is 0 Å². The van der Waals surface area contributed by atoms with E-state index >= 15 is 0 Å². The molecule has 0 amide bonds. The highest BCUT2D eigenvalue weighted by Gasteiger charge is 2.38. The number of alkyl halides is 1. The predicted molar refractivity (Wildman–Crippen MR) is 51.0 cm³/mol. The Balaban J connectivity index is 1.78. The van der Waals surface area contributed by atoms with Crippen LogP contribution in [-0.2, 0) is 0 Å². The molecule has 2 saturated carbocycles. The van der Waals surface area contributed by atoms with Crippen LogP contribution in [0.5, 0.6) is 0 Å². The molecule has 1 N–H and O–H groups in total. The first-order valence-electron chi connectivity index (χ1n) is 4.69. The van der Waals surface area contributed by atoms with Gasteiger partial charge < -0.3 is 5.32 Å². The van der Waals surface area contributed by atoms with E-state index in [4.69, 9.17) is 0 Å². The van der Waals surface area contributed by atoms with Crippen molar-refractivity contribution in [3.05, 3.63) is 0 Å². The Morgan fingerprint density at radius 2 is 2.18 bits per heavy atom. The number of nitrogens with one attached hydrogen (secondary N) is 1. The van der Waals surface area contributed by atoms with Gasteiger partial charge in [0.2, 0.25) is 0 Å². The number of fused-ring (bicyclic) bond motifs is 2. The zero-order valence-corrected chi connectivity index (χ0v) is 8.44. The van der Waals surface area contributed by atoms with Gasteiger partial charge in [0.15, 0.2) is 0 Å². The van der Waals surface area contributed by atoms with Crippen LogP contribution in [0, 0.1) is 11.8 Å². The van der Waals surface area contributed by atoms with Crippen molar-refractivity contribution in [1.29, 1.82) is 0 Å². The van der Waals surface area contributed by atoms with Gasteiger partial charge in [-0.05, 0) is 31.1 Å². The molecule has 0 aromatic carbocycles. The van der Waals surface area contributed by atoms with Gasteiger partial charge in [-0.3, -0.25) is 0 Å². The Bertz CT molecular complexity index is 138. The first-order chi connectivity index (χ1) is 5.40. The van der Waals surface area contributed by atoms with Gasteiger partial charge in [-0.15, -0.1) is 0 Å². The molecule has 2 rings (SSSR count). The SMILES string of the molecule is BrCCNC1CC2CCC1C2. The van der Waals surface area contributed by atoms with Gasteiger partial charge in [-0.2, -0.15) is 0 Å². The minimum atomic E-state index is 0.867. The van der Waals surface area contributed by atoms with Gasteiger partial charge in [0.25, 0.3) is 0 Å². The maximum atomic E-state index is 3.62. The topological polar surface area (TPSA) is 12.0 Å². The third kappa shape index (κ3) is 1.62. The summed E-state index contributed by atoms with van der Waals surface area (Å²) >= 11 is 3.45. The first-order valence-corrected chi connectivity index (χ1v) is 5.81.